The second kappa shape index (κ2) is 8.17. The van der Waals surface area contributed by atoms with Crippen LogP contribution in [0.5, 0.6) is 0 Å². The average Bonchev–Trinajstić information content (AvgIpc) is 3.01. The van der Waals surface area contributed by atoms with E-state index in [1.54, 1.807) is 24.3 Å². The van der Waals surface area contributed by atoms with E-state index in [4.69, 9.17) is 4.74 Å². The number of carbonyl (C=O) groups is 1. The van der Waals surface area contributed by atoms with Gasteiger partial charge in [-0.15, -0.1) is 0 Å². The van der Waals surface area contributed by atoms with Crippen LogP contribution in [0, 0.1) is 0 Å². The van der Waals surface area contributed by atoms with Gasteiger partial charge in [0.1, 0.15) is 0 Å². The lowest BCUT2D eigenvalue weighted by atomic mass is 10.2. The van der Waals surface area contributed by atoms with Gasteiger partial charge < -0.3 is 14.2 Å². The van der Waals surface area contributed by atoms with Gasteiger partial charge in [-0.2, -0.15) is 0 Å². The van der Waals surface area contributed by atoms with Crippen molar-refractivity contribution in [2.75, 3.05) is 20.2 Å². The molecule has 2 rings (SSSR count). The fourth-order valence-corrected chi connectivity index (χ4v) is 2.11. The molecule has 2 aromatic rings. The van der Waals surface area contributed by atoms with Crippen LogP contribution in [0.15, 0.2) is 37.1 Å². The first kappa shape index (κ1) is 16.0. The summed E-state index contributed by atoms with van der Waals surface area (Å²) >= 11 is 0. The highest BCUT2D eigenvalue weighted by Crippen LogP contribution is 2.15. The largest absolute Gasteiger partial charge is 0.450 e. The maximum Gasteiger partial charge on any atom is 0.409 e. The summed E-state index contributed by atoms with van der Waals surface area (Å²) < 4.78 is 7.00. The maximum absolute atomic E-state index is 11.5. The van der Waals surface area contributed by atoms with Crippen molar-refractivity contribution in [1.29, 1.82) is 0 Å². The van der Waals surface area contributed by atoms with Gasteiger partial charge in [-0.05, 0) is 31.9 Å². The number of amides is 1. The number of carbonyl (C=O) groups excluding carboxylic acids is 1. The molecule has 0 saturated carbocycles. The normalized spacial score (nSPS) is 10.5. The Morgan fingerprint density at radius 3 is 3.00 bits per heavy atom. The summed E-state index contributed by atoms with van der Waals surface area (Å²) in [6.45, 7) is 3.80. The number of hydrogen-bond acceptors (Lipinski definition) is 4. The zero-order valence-corrected chi connectivity index (χ0v) is 13.1. The van der Waals surface area contributed by atoms with E-state index in [0.29, 0.717) is 13.2 Å². The Bertz CT molecular complexity index is 583. The Morgan fingerprint density at radius 1 is 1.41 bits per heavy atom. The van der Waals surface area contributed by atoms with Crippen molar-refractivity contribution >= 4 is 6.09 Å². The fourth-order valence-electron chi connectivity index (χ4n) is 2.11. The topological polar surface area (TPSA) is 60.2 Å². The van der Waals surface area contributed by atoms with Crippen LogP contribution in [0.3, 0.4) is 0 Å². The molecule has 0 unspecified atom stereocenters. The SMILES string of the molecule is CCOC(=O)N(C)CCCCn1cnc(-c2cccnc2)c1. The first-order chi connectivity index (χ1) is 10.7. The standard InChI is InChI=1S/C16H22N4O2/c1-3-22-16(21)19(2)9-4-5-10-20-12-15(18-13-20)14-7-6-8-17-11-14/h6-8,11-13H,3-5,9-10H2,1-2H3. The third-order valence-electron chi connectivity index (χ3n) is 3.33. The predicted octanol–water partition coefficient (Wildman–Crippen LogP) is 2.81. The van der Waals surface area contributed by atoms with Crippen LogP contribution in [0.4, 0.5) is 4.79 Å². The van der Waals surface area contributed by atoms with Crippen molar-refractivity contribution in [3.63, 3.8) is 0 Å². The van der Waals surface area contributed by atoms with Gasteiger partial charge >= 0.3 is 6.09 Å². The van der Waals surface area contributed by atoms with E-state index in [1.807, 2.05) is 31.6 Å². The Morgan fingerprint density at radius 2 is 2.27 bits per heavy atom. The molecule has 0 aliphatic carbocycles. The highest BCUT2D eigenvalue weighted by molar-refractivity contribution is 5.67. The number of aryl methyl sites for hydroxylation is 1. The van der Waals surface area contributed by atoms with Gasteiger partial charge in [0.2, 0.25) is 0 Å². The number of aromatic nitrogens is 3. The van der Waals surface area contributed by atoms with Gasteiger partial charge in [0.15, 0.2) is 0 Å². The number of ether oxygens (including phenoxy) is 1. The van der Waals surface area contributed by atoms with E-state index in [-0.39, 0.29) is 6.09 Å². The summed E-state index contributed by atoms with van der Waals surface area (Å²) in [6, 6.07) is 3.90. The average molecular weight is 302 g/mol. The van der Waals surface area contributed by atoms with Crippen LogP contribution in [0.1, 0.15) is 19.8 Å². The van der Waals surface area contributed by atoms with E-state index >= 15 is 0 Å². The van der Waals surface area contributed by atoms with Crippen LogP contribution in [0.25, 0.3) is 11.3 Å². The zero-order chi connectivity index (χ0) is 15.8. The molecule has 2 aromatic heterocycles. The first-order valence-electron chi connectivity index (χ1n) is 7.50. The summed E-state index contributed by atoms with van der Waals surface area (Å²) in [5.74, 6) is 0. The van der Waals surface area contributed by atoms with Crippen LogP contribution in [-0.4, -0.2) is 45.7 Å². The van der Waals surface area contributed by atoms with E-state index in [1.165, 1.54) is 0 Å². The number of pyridine rings is 1. The monoisotopic (exact) mass is 302 g/mol. The van der Waals surface area contributed by atoms with Crippen molar-refractivity contribution in [3.8, 4) is 11.3 Å². The van der Waals surface area contributed by atoms with E-state index < -0.39 is 0 Å². The third kappa shape index (κ3) is 4.58. The van der Waals surface area contributed by atoms with Gasteiger partial charge in [0.25, 0.3) is 0 Å². The Labute approximate surface area is 130 Å². The molecule has 0 saturated heterocycles. The minimum atomic E-state index is -0.260. The second-order valence-corrected chi connectivity index (χ2v) is 5.07. The van der Waals surface area contributed by atoms with Gasteiger partial charge in [-0.1, -0.05) is 0 Å². The van der Waals surface area contributed by atoms with Crippen LogP contribution < -0.4 is 0 Å². The van der Waals surface area contributed by atoms with Crippen molar-refractivity contribution in [2.45, 2.75) is 26.3 Å². The van der Waals surface area contributed by atoms with Crippen LogP contribution in [0.2, 0.25) is 0 Å². The number of unbranched alkanes of at least 4 members (excludes halogenated alkanes) is 1. The van der Waals surface area contributed by atoms with Crippen molar-refractivity contribution in [3.05, 3.63) is 37.1 Å². The number of nitrogens with zero attached hydrogens (tertiary/aromatic N) is 4. The molecule has 6 heteroatoms. The molecule has 6 nitrogen and oxygen atoms in total. The lowest BCUT2D eigenvalue weighted by Crippen LogP contribution is -2.28. The van der Waals surface area contributed by atoms with Gasteiger partial charge in [-0.3, -0.25) is 4.98 Å². The molecule has 118 valence electrons. The summed E-state index contributed by atoms with van der Waals surface area (Å²) in [6.07, 6.45) is 9.05. The molecule has 0 radical (unpaired) electrons. The Hall–Kier alpha value is -2.37. The molecular weight excluding hydrogens is 280 g/mol. The highest BCUT2D eigenvalue weighted by Gasteiger charge is 2.08. The summed E-state index contributed by atoms with van der Waals surface area (Å²) in [5.41, 5.74) is 1.94. The Kier molecular flexibility index (Phi) is 5.94. The molecule has 1 amide bonds. The Balaban J connectivity index is 1.74. The first-order valence-corrected chi connectivity index (χ1v) is 7.50. The summed E-state index contributed by atoms with van der Waals surface area (Å²) in [5, 5.41) is 0. The predicted molar refractivity (Wildman–Crippen MR) is 84.3 cm³/mol. The zero-order valence-electron chi connectivity index (χ0n) is 13.1. The molecule has 0 bridgehead atoms. The van der Waals surface area contributed by atoms with E-state index in [0.717, 1.165) is 30.6 Å². The van der Waals surface area contributed by atoms with Crippen molar-refractivity contribution in [1.82, 2.24) is 19.4 Å². The maximum atomic E-state index is 11.5. The van der Waals surface area contributed by atoms with Gasteiger partial charge in [0.05, 0.1) is 18.6 Å². The van der Waals surface area contributed by atoms with Crippen molar-refractivity contribution in [2.24, 2.45) is 0 Å². The molecule has 2 heterocycles. The number of imidazole rings is 1. The molecule has 22 heavy (non-hydrogen) atoms. The molecule has 0 fully saturated rings. The number of hydrogen-bond donors (Lipinski definition) is 0. The molecule has 0 N–H and O–H groups in total. The molecule has 0 aliphatic rings. The van der Waals surface area contributed by atoms with Crippen molar-refractivity contribution < 1.29 is 9.53 Å². The number of rotatable bonds is 7. The van der Waals surface area contributed by atoms with Crippen LogP contribution in [-0.2, 0) is 11.3 Å². The lowest BCUT2D eigenvalue weighted by Gasteiger charge is -2.16. The quantitative estimate of drug-likeness (QED) is 0.738. The fraction of sp³-hybridized carbons (Fsp3) is 0.438. The van der Waals surface area contributed by atoms with E-state index in [9.17, 15) is 4.79 Å². The second-order valence-electron chi connectivity index (χ2n) is 5.07. The smallest absolute Gasteiger partial charge is 0.409 e. The lowest BCUT2D eigenvalue weighted by molar-refractivity contribution is 0.115. The minimum Gasteiger partial charge on any atom is -0.450 e. The minimum absolute atomic E-state index is 0.260. The van der Waals surface area contributed by atoms with Gasteiger partial charge in [0, 0.05) is 44.3 Å². The summed E-state index contributed by atoms with van der Waals surface area (Å²) in [7, 11) is 1.76. The van der Waals surface area contributed by atoms with Gasteiger partial charge in [-0.25, -0.2) is 9.78 Å². The molecule has 0 aliphatic heterocycles. The van der Waals surface area contributed by atoms with Crippen LogP contribution >= 0.6 is 0 Å². The molecule has 0 spiro atoms. The molecule has 0 aromatic carbocycles. The van der Waals surface area contributed by atoms with E-state index in [2.05, 4.69) is 14.5 Å². The molecule has 0 atom stereocenters. The highest BCUT2D eigenvalue weighted by atomic mass is 16.5. The molecular formula is C16H22N4O2. The summed E-state index contributed by atoms with van der Waals surface area (Å²) in [4.78, 5) is 21.5. The third-order valence-corrected chi connectivity index (χ3v) is 3.33.